The average molecular weight is 413 g/mol. The Morgan fingerprint density at radius 3 is 2.84 bits per heavy atom. The molecule has 1 aliphatic carbocycles. The Labute approximate surface area is 156 Å². The highest BCUT2D eigenvalue weighted by Crippen LogP contribution is 2.49. The van der Waals surface area contributed by atoms with Gasteiger partial charge in [-0.15, -0.1) is 0 Å². The third kappa shape index (κ3) is 3.33. The third-order valence-corrected chi connectivity index (χ3v) is 6.22. The van der Waals surface area contributed by atoms with Gasteiger partial charge in [-0.05, 0) is 47.0 Å². The van der Waals surface area contributed by atoms with Crippen LogP contribution in [-0.2, 0) is 9.53 Å². The van der Waals surface area contributed by atoms with Gasteiger partial charge in [0.15, 0.2) is 0 Å². The van der Waals surface area contributed by atoms with Crippen molar-refractivity contribution in [1.82, 2.24) is 20.2 Å². The Kier molecular flexibility index (Phi) is 5.20. The number of rotatable bonds is 6. The lowest BCUT2D eigenvalue weighted by atomic mass is 9.79. The van der Waals surface area contributed by atoms with E-state index in [9.17, 15) is 9.59 Å². The molecule has 0 radical (unpaired) electrons. The van der Waals surface area contributed by atoms with E-state index in [2.05, 4.69) is 36.1 Å². The van der Waals surface area contributed by atoms with Gasteiger partial charge in [-0.1, -0.05) is 13.8 Å². The fourth-order valence-corrected chi connectivity index (χ4v) is 4.31. The molecule has 138 valence electrons. The summed E-state index contributed by atoms with van der Waals surface area (Å²) in [5.74, 6) is 1.47. The Morgan fingerprint density at radius 2 is 2.36 bits per heavy atom. The number of carbonyl (C=O) groups is 2. The number of fused-ring (bicyclic) bond motifs is 1. The second-order valence-corrected chi connectivity index (χ2v) is 8.23. The van der Waals surface area contributed by atoms with Gasteiger partial charge in [-0.2, -0.15) is 0 Å². The van der Waals surface area contributed by atoms with Crippen LogP contribution in [0.1, 0.15) is 45.0 Å². The number of halogens is 1. The van der Waals surface area contributed by atoms with Gasteiger partial charge in [0.2, 0.25) is 0 Å². The number of hydrogen-bond acceptors (Lipinski definition) is 5. The lowest BCUT2D eigenvalue weighted by Gasteiger charge is -2.43. The maximum atomic E-state index is 12.0. The molecule has 0 spiro atoms. The Morgan fingerprint density at radius 1 is 1.60 bits per heavy atom. The van der Waals surface area contributed by atoms with Crippen LogP contribution >= 0.6 is 15.9 Å². The summed E-state index contributed by atoms with van der Waals surface area (Å²) < 4.78 is 5.59. The minimum absolute atomic E-state index is 0.0628. The Balaban J connectivity index is 1.87. The number of H-pyrrole nitrogens is 1. The third-order valence-electron chi connectivity index (χ3n) is 5.81. The normalized spacial score (nSPS) is 28.1. The van der Waals surface area contributed by atoms with Gasteiger partial charge in [-0.3, -0.25) is 4.90 Å². The fraction of sp³-hybridized carbons (Fsp3) is 0.706. The van der Waals surface area contributed by atoms with Crippen molar-refractivity contribution in [3.63, 3.8) is 0 Å². The molecule has 1 saturated heterocycles. The van der Waals surface area contributed by atoms with Crippen LogP contribution < -0.4 is 5.32 Å². The minimum atomic E-state index is -0.986. The van der Waals surface area contributed by atoms with Crippen LogP contribution in [0.5, 0.6) is 0 Å². The van der Waals surface area contributed by atoms with Gasteiger partial charge >= 0.3 is 6.09 Å². The number of amides is 1. The molecule has 1 saturated carbocycles. The summed E-state index contributed by atoms with van der Waals surface area (Å²) in [4.78, 5) is 34.0. The molecule has 0 bridgehead atoms. The number of alkyl carbamates (subject to hydrolysis) is 1. The molecular formula is C17H25BrN4O3. The zero-order chi connectivity index (χ0) is 18.2. The van der Waals surface area contributed by atoms with E-state index in [1.807, 2.05) is 13.8 Å². The molecule has 25 heavy (non-hydrogen) atoms. The van der Waals surface area contributed by atoms with Gasteiger partial charge in [0, 0.05) is 12.6 Å². The van der Waals surface area contributed by atoms with Crippen LogP contribution in [0.4, 0.5) is 4.79 Å². The Hall–Kier alpha value is -1.41. The summed E-state index contributed by atoms with van der Waals surface area (Å²) in [6, 6.07) is 0.563. The molecule has 4 atom stereocenters. The summed E-state index contributed by atoms with van der Waals surface area (Å²) in [6.45, 7) is 4.34. The van der Waals surface area contributed by atoms with Gasteiger partial charge in [0.25, 0.3) is 0 Å². The zero-order valence-corrected chi connectivity index (χ0v) is 16.4. The predicted molar refractivity (Wildman–Crippen MR) is 96.0 cm³/mol. The van der Waals surface area contributed by atoms with Gasteiger partial charge in [0.1, 0.15) is 22.3 Å². The summed E-state index contributed by atoms with van der Waals surface area (Å²) in [6.07, 6.45) is 5.39. The molecule has 2 N–H and O–H groups in total. The van der Waals surface area contributed by atoms with E-state index >= 15 is 0 Å². The monoisotopic (exact) mass is 412 g/mol. The molecule has 8 heteroatoms. The van der Waals surface area contributed by atoms with E-state index < -0.39 is 11.6 Å². The fourth-order valence-electron chi connectivity index (χ4n) is 4.01. The maximum absolute atomic E-state index is 12.0. The lowest BCUT2D eigenvalue weighted by molar-refractivity contribution is -0.116. The van der Waals surface area contributed by atoms with E-state index in [0.29, 0.717) is 18.5 Å². The maximum Gasteiger partial charge on any atom is 0.407 e. The number of nitrogens with zero attached hydrogens (tertiary/aromatic N) is 2. The van der Waals surface area contributed by atoms with E-state index in [1.165, 1.54) is 13.5 Å². The standard InChI is InChI=1S/C17H25BrN4O3/c1-10(2)17(9-23,21-16(24)25-3)8-22-12-5-4-11(12)6-13(22)15-19-7-14(18)20-15/h7,9-13H,4-6,8H2,1-3H3,(H,19,20)(H,21,24)/t11-,12-,13-,17+/m0/s1. The minimum Gasteiger partial charge on any atom is -0.453 e. The molecule has 2 fully saturated rings. The van der Waals surface area contributed by atoms with Crippen LogP contribution in [0.3, 0.4) is 0 Å². The first-order valence-corrected chi connectivity index (χ1v) is 9.48. The van der Waals surface area contributed by atoms with Crippen LogP contribution in [0.25, 0.3) is 0 Å². The summed E-state index contributed by atoms with van der Waals surface area (Å²) in [5.41, 5.74) is -0.986. The van der Waals surface area contributed by atoms with E-state index in [4.69, 9.17) is 4.74 Å². The summed E-state index contributed by atoms with van der Waals surface area (Å²) in [5, 5.41) is 2.78. The van der Waals surface area contributed by atoms with Crippen molar-refractivity contribution in [3.8, 4) is 0 Å². The first kappa shape index (κ1) is 18.4. The summed E-state index contributed by atoms with van der Waals surface area (Å²) >= 11 is 3.42. The topological polar surface area (TPSA) is 87.3 Å². The number of carbonyl (C=O) groups excluding carboxylic acids is 2. The van der Waals surface area contributed by atoms with Crippen LogP contribution in [0.2, 0.25) is 0 Å². The van der Waals surface area contributed by atoms with Crippen LogP contribution in [0, 0.1) is 11.8 Å². The molecule has 1 aliphatic heterocycles. The lowest BCUT2D eigenvalue weighted by Crippen LogP contribution is -2.61. The zero-order valence-electron chi connectivity index (χ0n) is 14.8. The quantitative estimate of drug-likeness (QED) is 0.701. The number of methoxy groups -OCH3 is 1. The average Bonchev–Trinajstić information content (AvgIpc) is 3.07. The highest BCUT2D eigenvalue weighted by molar-refractivity contribution is 9.10. The SMILES string of the molecule is COC(=O)N[C@@](C=O)(CN1[C@H](c2ncc(Br)[nH]2)C[C@@H]2CC[C@@H]21)C(C)C. The number of likely N-dealkylation sites (tertiary alicyclic amines) is 1. The molecule has 3 rings (SSSR count). The largest absolute Gasteiger partial charge is 0.453 e. The number of ether oxygens (including phenoxy) is 1. The molecule has 0 aromatic carbocycles. The molecule has 1 aromatic rings. The number of imidazole rings is 1. The molecular weight excluding hydrogens is 388 g/mol. The number of hydrogen-bond donors (Lipinski definition) is 2. The second-order valence-electron chi connectivity index (χ2n) is 7.37. The predicted octanol–water partition coefficient (Wildman–Crippen LogP) is 2.65. The van der Waals surface area contributed by atoms with Crippen LogP contribution in [-0.4, -0.2) is 52.5 Å². The van der Waals surface area contributed by atoms with Crippen molar-refractivity contribution >= 4 is 28.3 Å². The van der Waals surface area contributed by atoms with Crippen molar-refractivity contribution in [3.05, 3.63) is 16.6 Å². The van der Waals surface area contributed by atoms with Crippen molar-refractivity contribution in [2.24, 2.45) is 11.8 Å². The van der Waals surface area contributed by atoms with Crippen molar-refractivity contribution in [1.29, 1.82) is 0 Å². The van der Waals surface area contributed by atoms with Crippen LogP contribution in [0.15, 0.2) is 10.8 Å². The molecule has 2 heterocycles. The van der Waals surface area contributed by atoms with Gasteiger partial charge in [-0.25, -0.2) is 9.78 Å². The molecule has 7 nitrogen and oxygen atoms in total. The first-order valence-electron chi connectivity index (χ1n) is 8.68. The number of aromatic amines is 1. The highest BCUT2D eigenvalue weighted by atomic mass is 79.9. The van der Waals surface area contributed by atoms with E-state index in [-0.39, 0.29) is 12.0 Å². The number of aldehydes is 1. The Bertz CT molecular complexity index is 650. The van der Waals surface area contributed by atoms with Gasteiger partial charge < -0.3 is 19.8 Å². The van der Waals surface area contributed by atoms with Crippen molar-refractivity contribution < 1.29 is 14.3 Å². The first-order chi connectivity index (χ1) is 11.9. The highest BCUT2D eigenvalue weighted by Gasteiger charge is 2.51. The second kappa shape index (κ2) is 7.07. The molecule has 1 amide bonds. The number of nitrogens with one attached hydrogen (secondary N) is 2. The van der Waals surface area contributed by atoms with Crippen molar-refractivity contribution in [2.45, 2.75) is 50.7 Å². The molecule has 0 unspecified atom stereocenters. The van der Waals surface area contributed by atoms with Crippen molar-refractivity contribution in [2.75, 3.05) is 13.7 Å². The van der Waals surface area contributed by atoms with E-state index in [0.717, 1.165) is 29.6 Å². The number of aromatic nitrogens is 2. The summed E-state index contributed by atoms with van der Waals surface area (Å²) in [7, 11) is 1.31. The molecule has 1 aromatic heterocycles. The molecule has 2 aliphatic rings. The van der Waals surface area contributed by atoms with E-state index in [1.54, 1.807) is 6.20 Å². The smallest absolute Gasteiger partial charge is 0.407 e. The van der Waals surface area contributed by atoms with Gasteiger partial charge in [0.05, 0.1) is 19.3 Å².